The van der Waals surface area contributed by atoms with Crippen LogP contribution < -0.4 is 11.5 Å². The molecule has 1 aliphatic carbocycles. The Labute approximate surface area is 453 Å². The van der Waals surface area contributed by atoms with E-state index in [0.29, 0.717) is 0 Å². The van der Waals surface area contributed by atoms with Crippen molar-refractivity contribution in [3.63, 3.8) is 0 Å². The van der Waals surface area contributed by atoms with Gasteiger partial charge in [0, 0.05) is 50.0 Å². The Morgan fingerprint density at radius 1 is 0.438 bits per heavy atom. The van der Waals surface area contributed by atoms with Gasteiger partial charge in [0.05, 0.1) is 53.4 Å². The first-order chi connectivity index (χ1) is 37.8. The lowest BCUT2D eigenvalue weighted by Gasteiger charge is -2.18. The Kier molecular flexibility index (Phi) is 14.8. The van der Waals surface area contributed by atoms with Crippen molar-refractivity contribution in [3.05, 3.63) is 155 Å². The molecule has 0 atom stereocenters. The summed E-state index contributed by atoms with van der Waals surface area (Å²) in [5.41, 5.74) is 10.3. The molecular formula is C50H38N10O16S4. The normalized spacial score (nSPS) is 13.4. The smallest absolute Gasteiger partial charge is 0.299 e. The highest BCUT2D eigenvalue weighted by atomic mass is 32.2. The summed E-state index contributed by atoms with van der Waals surface area (Å²) in [5.74, 6) is -4.72. The van der Waals surface area contributed by atoms with E-state index in [1.165, 1.54) is 115 Å². The summed E-state index contributed by atoms with van der Waals surface area (Å²) in [6, 6.07) is 26.5. The first-order valence-electron chi connectivity index (χ1n) is 22.7. The number of aromatic hydroxyl groups is 2. The van der Waals surface area contributed by atoms with Gasteiger partial charge in [0.15, 0.2) is 23.1 Å². The lowest BCUT2D eigenvalue weighted by Crippen LogP contribution is -2.20. The number of fused-ring (bicyclic) bond motifs is 4. The van der Waals surface area contributed by atoms with Gasteiger partial charge in [-0.2, -0.15) is 49.0 Å². The van der Waals surface area contributed by atoms with Crippen molar-refractivity contribution in [2.75, 3.05) is 25.7 Å². The summed E-state index contributed by atoms with van der Waals surface area (Å²) >= 11 is 0. The number of benzene rings is 8. The van der Waals surface area contributed by atoms with Crippen molar-refractivity contribution in [1.82, 2.24) is 0 Å². The second kappa shape index (κ2) is 21.2. The minimum atomic E-state index is -4.82. The maximum atomic E-state index is 14.0. The van der Waals surface area contributed by atoms with E-state index in [9.17, 15) is 62.6 Å². The van der Waals surface area contributed by atoms with Crippen LogP contribution in [0.5, 0.6) is 11.5 Å². The van der Waals surface area contributed by atoms with Crippen LogP contribution in [0.15, 0.2) is 172 Å². The van der Waals surface area contributed by atoms with E-state index in [4.69, 9.17) is 15.7 Å². The van der Waals surface area contributed by atoms with Crippen LogP contribution in [0.1, 0.15) is 43.0 Å². The van der Waals surface area contributed by atoms with E-state index >= 15 is 0 Å². The number of phenolic OH excluding ortho intramolecular Hbond substituents is 2. The van der Waals surface area contributed by atoms with Crippen LogP contribution in [0, 0.1) is 0 Å². The lowest BCUT2D eigenvalue weighted by atomic mass is 9.83. The summed E-state index contributed by atoms with van der Waals surface area (Å²) in [4.78, 5) is 27.0. The molecular weight excluding hydrogens is 1120 g/mol. The number of carbonyl (C=O) groups is 2. The van der Waals surface area contributed by atoms with Crippen molar-refractivity contribution in [2.24, 2.45) is 40.9 Å². The van der Waals surface area contributed by atoms with Gasteiger partial charge < -0.3 is 21.7 Å². The molecule has 8 N–H and O–H groups in total. The Morgan fingerprint density at radius 3 is 1.41 bits per heavy atom. The van der Waals surface area contributed by atoms with Crippen LogP contribution in [0.4, 0.5) is 56.9 Å². The third kappa shape index (κ3) is 11.1. The first kappa shape index (κ1) is 55.6. The zero-order chi connectivity index (χ0) is 57.6. The number of azo groups is 4. The van der Waals surface area contributed by atoms with Crippen LogP contribution >= 0.6 is 0 Å². The molecule has 0 fully saturated rings. The molecule has 0 bridgehead atoms. The Morgan fingerprint density at radius 2 is 0.875 bits per heavy atom. The fraction of sp³-hybridized carbons (Fsp3) is 0.0800. The van der Waals surface area contributed by atoms with E-state index in [1.54, 1.807) is 0 Å². The van der Waals surface area contributed by atoms with Crippen LogP contribution in [0.2, 0.25) is 0 Å². The Balaban J connectivity index is 1.03. The summed E-state index contributed by atoms with van der Waals surface area (Å²) in [5, 5.41) is 55.8. The molecule has 80 heavy (non-hydrogen) atoms. The standard InChI is InChI=1S/C50H38N10O16S4/c1-75-79(71,72)41-10-6-5-9-40(41)58-57-39-18-16-36(52)44-34(39)22-42(80(73,74)76-2)46(50(44)64)60-54-28-12-14-30-32(21-28)48(62)29-13-11-27(20-31(29)47(30)61)53-59-45-26(24-78(68,69)70)19-33-38(17-15-35(51)43(33)49(45)63)56-55-37-8-4-3-7-25(37)23-77(65,66)67/h3-22,63-64H,23-24,51-52H2,1-2H3,(H,65,66,67)(H,68,69,70). The summed E-state index contributed by atoms with van der Waals surface area (Å²) in [6.45, 7) is 0. The highest BCUT2D eigenvalue weighted by molar-refractivity contribution is 7.87. The van der Waals surface area contributed by atoms with Crippen molar-refractivity contribution < 1.29 is 70.9 Å². The quantitative estimate of drug-likeness (QED) is 0.0226. The van der Waals surface area contributed by atoms with Gasteiger partial charge in [-0.1, -0.05) is 30.3 Å². The largest absolute Gasteiger partial charge is 0.505 e. The Hall–Kier alpha value is -9.14. The molecule has 0 saturated heterocycles. The monoisotopic (exact) mass is 1160 g/mol. The van der Waals surface area contributed by atoms with E-state index in [-0.39, 0.29) is 105 Å². The van der Waals surface area contributed by atoms with E-state index < -0.39 is 91.3 Å². The minimum Gasteiger partial charge on any atom is -0.505 e. The molecule has 8 aromatic rings. The van der Waals surface area contributed by atoms with E-state index in [0.717, 1.165) is 20.3 Å². The molecule has 9 rings (SSSR count). The van der Waals surface area contributed by atoms with E-state index in [1.807, 2.05) is 0 Å². The van der Waals surface area contributed by atoms with Gasteiger partial charge in [0.1, 0.15) is 38.4 Å². The second-order valence-corrected chi connectivity index (χ2v) is 23.5. The predicted molar refractivity (Wildman–Crippen MR) is 288 cm³/mol. The highest BCUT2D eigenvalue weighted by Crippen LogP contribution is 2.49. The van der Waals surface area contributed by atoms with Gasteiger partial charge in [-0.05, 0) is 96.6 Å². The number of phenols is 2. The van der Waals surface area contributed by atoms with Crippen molar-refractivity contribution >= 4 is 130 Å². The van der Waals surface area contributed by atoms with Crippen LogP contribution in [0.3, 0.4) is 0 Å². The number of hydrogen-bond acceptors (Lipinski definition) is 24. The second-order valence-electron chi connectivity index (χ2n) is 17.2. The van der Waals surface area contributed by atoms with Crippen molar-refractivity contribution in [1.29, 1.82) is 0 Å². The molecule has 0 unspecified atom stereocenters. The number of nitrogen functional groups attached to an aromatic ring is 2. The van der Waals surface area contributed by atoms with Gasteiger partial charge >= 0.3 is 0 Å². The summed E-state index contributed by atoms with van der Waals surface area (Å²) < 4.78 is 128. The predicted octanol–water partition coefficient (Wildman–Crippen LogP) is 10.5. The molecule has 0 radical (unpaired) electrons. The van der Waals surface area contributed by atoms with Crippen molar-refractivity contribution in [3.8, 4) is 11.5 Å². The van der Waals surface area contributed by atoms with Gasteiger partial charge in [-0.3, -0.25) is 27.1 Å². The molecule has 0 saturated carbocycles. The number of hydrogen-bond donors (Lipinski definition) is 6. The Bertz CT molecular complexity index is 4590. The number of carbonyl (C=O) groups excluding carboxylic acids is 2. The first-order valence-corrected chi connectivity index (χ1v) is 28.7. The number of anilines is 2. The zero-order valence-electron chi connectivity index (χ0n) is 41.0. The molecule has 0 aromatic heterocycles. The van der Waals surface area contributed by atoms with Crippen LogP contribution in [-0.2, 0) is 60.3 Å². The summed E-state index contributed by atoms with van der Waals surface area (Å²) in [6.07, 6.45) is 0. The fourth-order valence-corrected chi connectivity index (χ4v) is 11.3. The molecule has 0 heterocycles. The van der Waals surface area contributed by atoms with Gasteiger partial charge in [-0.15, -0.1) is 25.6 Å². The minimum absolute atomic E-state index is 0.00285. The highest BCUT2D eigenvalue weighted by Gasteiger charge is 2.31. The maximum Gasteiger partial charge on any atom is 0.299 e. The summed E-state index contributed by atoms with van der Waals surface area (Å²) in [7, 11) is -16.4. The number of nitrogens with zero attached hydrogens (tertiary/aromatic N) is 8. The van der Waals surface area contributed by atoms with Crippen LogP contribution in [-0.4, -0.2) is 78.8 Å². The fourth-order valence-electron chi connectivity index (χ4n) is 8.44. The molecule has 408 valence electrons. The maximum absolute atomic E-state index is 14.0. The third-order valence-corrected chi connectivity index (χ3v) is 16.1. The molecule has 30 heteroatoms. The van der Waals surface area contributed by atoms with Gasteiger partial charge in [0.25, 0.3) is 40.5 Å². The number of nitrogens with two attached hydrogens (primary N) is 2. The third-order valence-electron chi connectivity index (χ3n) is 12.1. The number of rotatable bonds is 16. The van der Waals surface area contributed by atoms with Crippen LogP contribution in [0.25, 0.3) is 21.5 Å². The van der Waals surface area contributed by atoms with Crippen molar-refractivity contribution in [2.45, 2.75) is 21.3 Å². The average molecular weight is 1160 g/mol. The lowest BCUT2D eigenvalue weighted by molar-refractivity contribution is 0.0979. The molecule has 0 spiro atoms. The molecule has 0 aliphatic heterocycles. The molecule has 8 aromatic carbocycles. The topological polar surface area (TPSA) is 421 Å². The van der Waals surface area contributed by atoms with Gasteiger partial charge in [-0.25, -0.2) is 0 Å². The van der Waals surface area contributed by atoms with E-state index in [2.05, 4.69) is 45.1 Å². The molecule has 26 nitrogen and oxygen atoms in total. The number of ketones is 2. The SMILES string of the molecule is COS(=O)(=O)c1ccccc1N=Nc1ccc(N)c2c(O)c(N=Nc3ccc4c(c3)C(=O)c3ccc(N=Nc5c(CS(=O)(=O)O)cc6c(N=Nc7ccccc7CS(=O)(=O)O)ccc(N)c6c5O)cc3C4=O)c(S(=O)(=O)OC)cc12. The van der Waals surface area contributed by atoms with Gasteiger partial charge in [0.2, 0.25) is 0 Å². The molecule has 0 amide bonds. The zero-order valence-corrected chi connectivity index (χ0v) is 44.3. The average Bonchev–Trinajstić information content (AvgIpc) is 3.48. The molecule has 1 aliphatic rings.